The number of nitrogens with one attached hydrogen (secondary N) is 2. The van der Waals surface area contributed by atoms with Crippen molar-refractivity contribution in [3.63, 3.8) is 0 Å². The molecule has 31 heavy (non-hydrogen) atoms. The van der Waals surface area contributed by atoms with Crippen molar-refractivity contribution in [2.24, 2.45) is 5.92 Å². The molecular weight excluding hydrogens is 429 g/mol. The molecule has 0 radical (unpaired) electrons. The predicted molar refractivity (Wildman–Crippen MR) is 116 cm³/mol. The molecule has 1 amide bonds. The molecule has 0 spiro atoms. The molecular formula is C23H26ClF3N2O2. The van der Waals surface area contributed by atoms with Gasteiger partial charge in [-0.15, -0.1) is 0 Å². The van der Waals surface area contributed by atoms with Gasteiger partial charge < -0.3 is 15.4 Å². The zero-order chi connectivity index (χ0) is 22.6. The minimum atomic E-state index is -4.52. The van der Waals surface area contributed by atoms with Crippen LogP contribution in [0.4, 0.5) is 18.9 Å². The minimum Gasteiger partial charge on any atom is -0.496 e. The van der Waals surface area contributed by atoms with Crippen LogP contribution in [-0.4, -0.2) is 25.6 Å². The van der Waals surface area contributed by atoms with E-state index in [1.807, 2.05) is 25.1 Å². The van der Waals surface area contributed by atoms with Crippen LogP contribution in [-0.2, 0) is 6.18 Å². The Kier molecular flexibility index (Phi) is 7.36. The molecule has 2 aromatic rings. The third kappa shape index (κ3) is 6.06. The number of alkyl halides is 3. The van der Waals surface area contributed by atoms with Crippen molar-refractivity contribution in [2.45, 2.75) is 44.8 Å². The maximum atomic E-state index is 12.9. The normalized spacial score (nSPS) is 19.0. The van der Waals surface area contributed by atoms with Crippen molar-refractivity contribution in [2.75, 3.05) is 19.0 Å². The van der Waals surface area contributed by atoms with E-state index in [1.54, 1.807) is 7.11 Å². The summed E-state index contributed by atoms with van der Waals surface area (Å²) in [5.74, 6) is 0.728. The average Bonchev–Trinajstić information content (AvgIpc) is 2.73. The van der Waals surface area contributed by atoms with E-state index in [4.69, 9.17) is 16.3 Å². The quantitative estimate of drug-likeness (QED) is 0.556. The maximum absolute atomic E-state index is 12.9. The molecule has 0 saturated heterocycles. The summed E-state index contributed by atoms with van der Waals surface area (Å²) >= 11 is 5.97. The van der Waals surface area contributed by atoms with Crippen molar-refractivity contribution in [1.29, 1.82) is 0 Å². The largest absolute Gasteiger partial charge is 0.496 e. The standard InChI is InChI=1S/C23H26ClF3N2O2/c1-14-3-7-18(12-21(14)31-2)28-13-15-4-8-17(9-5-15)29-22(30)19-11-16(23(25,26)27)6-10-20(19)24/h3,6-7,10-12,15,17,28H,4-5,8-9,13H2,1-2H3,(H,29,30)/t15-,17-. The molecule has 0 heterocycles. The Morgan fingerprint density at radius 3 is 2.48 bits per heavy atom. The molecule has 0 unspecified atom stereocenters. The van der Waals surface area contributed by atoms with Crippen LogP contribution in [0, 0.1) is 12.8 Å². The third-order valence-electron chi connectivity index (χ3n) is 5.72. The third-order valence-corrected chi connectivity index (χ3v) is 6.05. The highest BCUT2D eigenvalue weighted by Gasteiger charge is 2.32. The lowest BCUT2D eigenvalue weighted by atomic mass is 9.86. The molecule has 1 saturated carbocycles. The Labute approximate surface area is 185 Å². The summed E-state index contributed by atoms with van der Waals surface area (Å²) in [4.78, 5) is 12.5. The Hall–Kier alpha value is -2.41. The Balaban J connectivity index is 1.51. The fraction of sp³-hybridized carbons (Fsp3) is 0.435. The number of ether oxygens (including phenoxy) is 1. The van der Waals surface area contributed by atoms with Crippen LogP contribution in [0.1, 0.15) is 47.2 Å². The number of anilines is 1. The molecule has 1 aliphatic carbocycles. The van der Waals surface area contributed by atoms with Gasteiger partial charge in [0.15, 0.2) is 0 Å². The first-order valence-electron chi connectivity index (χ1n) is 10.2. The molecule has 168 valence electrons. The van der Waals surface area contributed by atoms with Gasteiger partial charge in [0, 0.05) is 24.3 Å². The summed E-state index contributed by atoms with van der Waals surface area (Å²) in [5, 5.41) is 6.29. The molecule has 4 nitrogen and oxygen atoms in total. The maximum Gasteiger partial charge on any atom is 0.416 e. The fourth-order valence-electron chi connectivity index (χ4n) is 3.84. The number of hydrogen-bond donors (Lipinski definition) is 2. The van der Waals surface area contributed by atoms with E-state index < -0.39 is 17.6 Å². The van der Waals surface area contributed by atoms with Crippen molar-refractivity contribution < 1.29 is 22.7 Å². The molecule has 0 bridgehead atoms. The average molecular weight is 455 g/mol. The van der Waals surface area contributed by atoms with Crippen LogP contribution >= 0.6 is 11.6 Å². The number of rotatable bonds is 6. The number of halogens is 4. The van der Waals surface area contributed by atoms with Crippen LogP contribution in [0.5, 0.6) is 5.75 Å². The number of aryl methyl sites for hydroxylation is 1. The summed E-state index contributed by atoms with van der Waals surface area (Å²) in [7, 11) is 1.65. The smallest absolute Gasteiger partial charge is 0.416 e. The molecule has 0 aliphatic heterocycles. The first kappa shape index (κ1) is 23.3. The van der Waals surface area contributed by atoms with Gasteiger partial charge in [-0.3, -0.25) is 4.79 Å². The zero-order valence-corrected chi connectivity index (χ0v) is 18.2. The van der Waals surface area contributed by atoms with E-state index in [-0.39, 0.29) is 16.6 Å². The van der Waals surface area contributed by atoms with E-state index in [1.165, 1.54) is 0 Å². The molecule has 2 aromatic carbocycles. The molecule has 2 N–H and O–H groups in total. The number of carbonyl (C=O) groups excluding carboxylic acids is 1. The highest BCUT2D eigenvalue weighted by molar-refractivity contribution is 6.33. The Bertz CT molecular complexity index is 926. The second-order valence-corrected chi connectivity index (χ2v) is 8.36. The highest BCUT2D eigenvalue weighted by atomic mass is 35.5. The summed E-state index contributed by atoms with van der Waals surface area (Å²) < 4.78 is 44.1. The van der Waals surface area contributed by atoms with Gasteiger partial charge >= 0.3 is 6.18 Å². The second-order valence-electron chi connectivity index (χ2n) is 7.95. The van der Waals surface area contributed by atoms with Crippen molar-refractivity contribution in [3.8, 4) is 5.75 Å². The van der Waals surface area contributed by atoms with Gasteiger partial charge in [0.05, 0.1) is 23.3 Å². The number of hydrogen-bond acceptors (Lipinski definition) is 3. The van der Waals surface area contributed by atoms with E-state index in [0.717, 1.165) is 67.4 Å². The van der Waals surface area contributed by atoms with Gasteiger partial charge in [-0.2, -0.15) is 13.2 Å². The van der Waals surface area contributed by atoms with Gasteiger partial charge in [0.25, 0.3) is 5.91 Å². The lowest BCUT2D eigenvalue weighted by Crippen LogP contribution is -2.38. The van der Waals surface area contributed by atoms with Crippen molar-refractivity contribution >= 4 is 23.2 Å². The molecule has 0 atom stereocenters. The predicted octanol–water partition coefficient (Wildman–Crippen LogP) is 6.08. The van der Waals surface area contributed by atoms with Gasteiger partial charge in [-0.25, -0.2) is 0 Å². The Morgan fingerprint density at radius 1 is 1.13 bits per heavy atom. The summed E-state index contributed by atoms with van der Waals surface area (Å²) in [6.07, 6.45) is -1.15. The molecule has 8 heteroatoms. The SMILES string of the molecule is COc1cc(NC[C@H]2CC[C@H](NC(=O)c3cc(C(F)(F)F)ccc3Cl)CC2)ccc1C. The molecule has 0 aromatic heterocycles. The van der Waals surface area contributed by atoms with Gasteiger partial charge in [-0.05, 0) is 68.4 Å². The van der Waals surface area contributed by atoms with Crippen molar-refractivity contribution in [3.05, 3.63) is 58.1 Å². The number of benzene rings is 2. The van der Waals surface area contributed by atoms with Crippen LogP contribution in [0.15, 0.2) is 36.4 Å². The summed E-state index contributed by atoms with van der Waals surface area (Å²) in [6, 6.07) is 8.72. The monoisotopic (exact) mass is 454 g/mol. The fourth-order valence-corrected chi connectivity index (χ4v) is 4.05. The number of carbonyl (C=O) groups is 1. The van der Waals surface area contributed by atoms with Crippen molar-refractivity contribution in [1.82, 2.24) is 5.32 Å². The highest BCUT2D eigenvalue weighted by Crippen LogP contribution is 2.32. The lowest BCUT2D eigenvalue weighted by Gasteiger charge is -2.29. The summed E-state index contributed by atoms with van der Waals surface area (Å²) in [6.45, 7) is 2.80. The summed E-state index contributed by atoms with van der Waals surface area (Å²) in [5.41, 5.74) is 1.04. The van der Waals surface area contributed by atoms with E-state index in [9.17, 15) is 18.0 Å². The van der Waals surface area contributed by atoms with Crippen LogP contribution in [0.2, 0.25) is 5.02 Å². The van der Waals surface area contributed by atoms with Crippen LogP contribution in [0.25, 0.3) is 0 Å². The van der Waals surface area contributed by atoms with E-state index in [2.05, 4.69) is 10.6 Å². The first-order valence-corrected chi connectivity index (χ1v) is 10.6. The zero-order valence-electron chi connectivity index (χ0n) is 17.5. The lowest BCUT2D eigenvalue weighted by molar-refractivity contribution is -0.137. The molecule has 1 fully saturated rings. The second kappa shape index (κ2) is 9.81. The van der Waals surface area contributed by atoms with Gasteiger partial charge in [0.1, 0.15) is 5.75 Å². The van der Waals surface area contributed by atoms with E-state index >= 15 is 0 Å². The topological polar surface area (TPSA) is 50.4 Å². The first-order chi connectivity index (χ1) is 14.7. The Morgan fingerprint density at radius 2 is 1.84 bits per heavy atom. The number of methoxy groups -OCH3 is 1. The van der Waals surface area contributed by atoms with Crippen LogP contribution in [0.3, 0.4) is 0 Å². The van der Waals surface area contributed by atoms with Crippen LogP contribution < -0.4 is 15.4 Å². The molecule has 3 rings (SSSR count). The molecule has 1 aliphatic rings. The van der Waals surface area contributed by atoms with Gasteiger partial charge in [-0.1, -0.05) is 17.7 Å². The van der Waals surface area contributed by atoms with Gasteiger partial charge in [0.2, 0.25) is 0 Å². The minimum absolute atomic E-state index is 0.0110. The number of amides is 1. The van der Waals surface area contributed by atoms with E-state index in [0.29, 0.717) is 5.92 Å².